The van der Waals surface area contributed by atoms with Gasteiger partial charge in [0.25, 0.3) is 0 Å². The fourth-order valence-corrected chi connectivity index (χ4v) is 4.07. The predicted molar refractivity (Wildman–Crippen MR) is 99.8 cm³/mol. The van der Waals surface area contributed by atoms with Crippen LogP contribution in [-0.2, 0) is 29.7 Å². The molecule has 2 aliphatic rings. The number of imidazole rings is 1. The van der Waals surface area contributed by atoms with E-state index in [-0.39, 0.29) is 11.5 Å². The van der Waals surface area contributed by atoms with E-state index in [1.165, 1.54) is 0 Å². The number of nitrogens with zero attached hydrogens (tertiary/aromatic N) is 5. The normalized spacial score (nSPS) is 21.0. The number of aromatic nitrogens is 4. The van der Waals surface area contributed by atoms with E-state index in [2.05, 4.69) is 26.9 Å². The van der Waals surface area contributed by atoms with Gasteiger partial charge in [0.15, 0.2) is 0 Å². The number of H-pyrrole nitrogens is 1. The van der Waals surface area contributed by atoms with Crippen LogP contribution in [0.4, 0.5) is 0 Å². The molecule has 0 radical (unpaired) electrons. The Morgan fingerprint density at radius 1 is 1.30 bits per heavy atom. The lowest BCUT2D eigenvalue weighted by Gasteiger charge is -2.42. The van der Waals surface area contributed by atoms with Gasteiger partial charge in [-0.05, 0) is 25.8 Å². The van der Waals surface area contributed by atoms with Crippen molar-refractivity contribution in [1.82, 2.24) is 29.5 Å². The number of carbonyl (C=O) groups excluding carboxylic acids is 1. The van der Waals surface area contributed by atoms with E-state index >= 15 is 0 Å². The van der Waals surface area contributed by atoms with Crippen LogP contribution in [0, 0.1) is 6.92 Å². The number of aromatic amines is 1. The summed E-state index contributed by atoms with van der Waals surface area (Å²) in [6.07, 6.45) is 5.86. The van der Waals surface area contributed by atoms with Gasteiger partial charge in [0, 0.05) is 38.6 Å². The zero-order valence-electron chi connectivity index (χ0n) is 16.1. The van der Waals surface area contributed by atoms with E-state index in [1.807, 2.05) is 22.7 Å². The van der Waals surface area contributed by atoms with Crippen molar-refractivity contribution in [3.63, 3.8) is 0 Å². The summed E-state index contributed by atoms with van der Waals surface area (Å²) in [5.74, 6) is 0.169. The molecule has 27 heavy (non-hydrogen) atoms. The molecule has 0 unspecified atom stereocenters. The maximum absolute atomic E-state index is 12.6. The van der Waals surface area contributed by atoms with Gasteiger partial charge in [0.1, 0.15) is 0 Å². The highest BCUT2D eigenvalue weighted by Crippen LogP contribution is 2.31. The van der Waals surface area contributed by atoms with Gasteiger partial charge in [-0.15, -0.1) is 0 Å². The fraction of sp³-hybridized carbons (Fsp3) is 0.632. The SMILES string of the molecule is Cc1[nH]cnc1CN1CCC2(CC1)CN(Cc1ccnn1C)C(=O)CCO2. The molecule has 1 N–H and O–H groups in total. The molecule has 8 nitrogen and oxygen atoms in total. The zero-order valence-corrected chi connectivity index (χ0v) is 16.1. The molecule has 1 amide bonds. The maximum atomic E-state index is 12.6. The quantitative estimate of drug-likeness (QED) is 0.873. The molecule has 0 saturated carbocycles. The topological polar surface area (TPSA) is 79.3 Å². The zero-order chi connectivity index (χ0) is 18.9. The third-order valence-electron chi connectivity index (χ3n) is 5.91. The van der Waals surface area contributed by atoms with Gasteiger partial charge in [-0.2, -0.15) is 5.10 Å². The molecule has 2 aromatic rings. The number of likely N-dealkylation sites (tertiary alicyclic amines) is 1. The van der Waals surface area contributed by atoms with Gasteiger partial charge < -0.3 is 14.6 Å². The number of ether oxygens (including phenoxy) is 1. The predicted octanol–water partition coefficient (Wildman–Crippen LogP) is 1.24. The molecule has 2 aliphatic heterocycles. The summed E-state index contributed by atoms with van der Waals surface area (Å²) in [5.41, 5.74) is 3.06. The van der Waals surface area contributed by atoms with E-state index in [1.54, 1.807) is 12.5 Å². The highest BCUT2D eigenvalue weighted by molar-refractivity contribution is 5.76. The maximum Gasteiger partial charge on any atom is 0.225 e. The highest BCUT2D eigenvalue weighted by atomic mass is 16.5. The van der Waals surface area contributed by atoms with Crippen LogP contribution in [0.2, 0.25) is 0 Å². The van der Waals surface area contributed by atoms with Crippen LogP contribution >= 0.6 is 0 Å². The molecule has 0 bridgehead atoms. The van der Waals surface area contributed by atoms with Crippen molar-refractivity contribution in [2.75, 3.05) is 26.2 Å². The first-order chi connectivity index (χ1) is 13.0. The molecule has 2 fully saturated rings. The van der Waals surface area contributed by atoms with E-state index in [0.29, 0.717) is 26.1 Å². The van der Waals surface area contributed by atoms with Crippen molar-refractivity contribution in [3.05, 3.63) is 35.7 Å². The van der Waals surface area contributed by atoms with Crippen molar-refractivity contribution in [2.45, 2.75) is 44.9 Å². The summed E-state index contributed by atoms with van der Waals surface area (Å²) in [6, 6.07) is 1.97. The molecular formula is C19H28N6O2. The molecule has 2 aromatic heterocycles. The third-order valence-corrected chi connectivity index (χ3v) is 5.91. The Hall–Kier alpha value is -2.19. The third kappa shape index (κ3) is 3.91. The fourth-order valence-electron chi connectivity index (χ4n) is 4.07. The van der Waals surface area contributed by atoms with Gasteiger partial charge in [-0.3, -0.25) is 14.4 Å². The number of hydrogen-bond donors (Lipinski definition) is 1. The standard InChI is InChI=1S/C19H28N6O2/c1-15-17(21-14-20-15)12-24-8-5-19(6-9-24)13-25(18(26)4-10-27-19)11-16-3-7-22-23(16)2/h3,7,14H,4-6,8-13H2,1-2H3,(H,20,21). The van der Waals surface area contributed by atoms with Crippen LogP contribution in [0.5, 0.6) is 0 Å². The summed E-state index contributed by atoms with van der Waals surface area (Å²) < 4.78 is 8.09. The number of aryl methyl sites for hydroxylation is 2. The summed E-state index contributed by atoms with van der Waals surface area (Å²) in [4.78, 5) is 24.5. The van der Waals surface area contributed by atoms with Crippen molar-refractivity contribution in [3.8, 4) is 0 Å². The molecule has 8 heteroatoms. The van der Waals surface area contributed by atoms with E-state index in [9.17, 15) is 4.79 Å². The Kier molecular flexibility index (Phi) is 5.01. The Bertz CT molecular complexity index is 790. The minimum absolute atomic E-state index is 0.169. The number of carbonyl (C=O) groups is 1. The van der Waals surface area contributed by atoms with Crippen molar-refractivity contribution in [1.29, 1.82) is 0 Å². The lowest BCUT2D eigenvalue weighted by Crippen LogP contribution is -2.51. The lowest BCUT2D eigenvalue weighted by molar-refractivity contribution is -0.132. The van der Waals surface area contributed by atoms with Crippen LogP contribution in [0.3, 0.4) is 0 Å². The van der Waals surface area contributed by atoms with Crippen molar-refractivity contribution in [2.24, 2.45) is 7.05 Å². The van der Waals surface area contributed by atoms with E-state index in [0.717, 1.165) is 49.6 Å². The first-order valence-electron chi connectivity index (χ1n) is 9.64. The number of hydrogen-bond acceptors (Lipinski definition) is 5. The molecule has 4 rings (SSSR count). The average Bonchev–Trinajstić information content (AvgIpc) is 3.20. The Balaban J connectivity index is 1.41. The second kappa shape index (κ2) is 7.44. The van der Waals surface area contributed by atoms with Gasteiger partial charge in [0.2, 0.25) is 5.91 Å². The molecule has 2 saturated heterocycles. The molecule has 0 aliphatic carbocycles. The Morgan fingerprint density at radius 3 is 2.78 bits per heavy atom. The molecule has 1 spiro atoms. The largest absolute Gasteiger partial charge is 0.373 e. The van der Waals surface area contributed by atoms with Gasteiger partial charge in [0.05, 0.1) is 49.4 Å². The summed E-state index contributed by atoms with van der Waals surface area (Å²) >= 11 is 0. The first kappa shape index (κ1) is 18.2. The van der Waals surface area contributed by atoms with E-state index in [4.69, 9.17) is 4.74 Å². The minimum atomic E-state index is -0.234. The Labute approximate surface area is 159 Å². The molecular weight excluding hydrogens is 344 g/mol. The monoisotopic (exact) mass is 372 g/mol. The number of piperidine rings is 1. The van der Waals surface area contributed by atoms with Gasteiger partial charge >= 0.3 is 0 Å². The first-order valence-corrected chi connectivity index (χ1v) is 9.64. The molecule has 4 heterocycles. The van der Waals surface area contributed by atoms with Gasteiger partial charge in [-0.25, -0.2) is 4.98 Å². The van der Waals surface area contributed by atoms with Crippen molar-refractivity contribution >= 4 is 5.91 Å². The summed E-state index contributed by atoms with van der Waals surface area (Å²) in [7, 11) is 1.92. The van der Waals surface area contributed by atoms with Crippen molar-refractivity contribution < 1.29 is 9.53 Å². The molecule has 0 atom stereocenters. The molecule has 146 valence electrons. The number of nitrogens with one attached hydrogen (secondary N) is 1. The number of rotatable bonds is 4. The highest BCUT2D eigenvalue weighted by Gasteiger charge is 2.40. The molecule has 0 aromatic carbocycles. The van der Waals surface area contributed by atoms with Crippen LogP contribution in [0.25, 0.3) is 0 Å². The number of amides is 1. The summed E-state index contributed by atoms with van der Waals surface area (Å²) in [5, 5.41) is 4.22. The second-order valence-corrected chi connectivity index (χ2v) is 7.73. The summed E-state index contributed by atoms with van der Waals surface area (Å²) in [6.45, 7) is 6.61. The van der Waals surface area contributed by atoms with Crippen LogP contribution < -0.4 is 0 Å². The smallest absolute Gasteiger partial charge is 0.225 e. The lowest BCUT2D eigenvalue weighted by atomic mass is 9.90. The second-order valence-electron chi connectivity index (χ2n) is 7.73. The average molecular weight is 372 g/mol. The van der Waals surface area contributed by atoms with Crippen LogP contribution in [0.1, 0.15) is 36.3 Å². The Morgan fingerprint density at radius 2 is 2.11 bits per heavy atom. The van der Waals surface area contributed by atoms with Crippen LogP contribution in [-0.4, -0.2) is 67.3 Å². The van der Waals surface area contributed by atoms with Gasteiger partial charge in [-0.1, -0.05) is 0 Å². The van der Waals surface area contributed by atoms with Crippen LogP contribution in [0.15, 0.2) is 18.6 Å². The minimum Gasteiger partial charge on any atom is -0.373 e. The van der Waals surface area contributed by atoms with E-state index < -0.39 is 0 Å².